The third kappa shape index (κ3) is 2.27. The summed E-state index contributed by atoms with van der Waals surface area (Å²) < 4.78 is 17.4. The van der Waals surface area contributed by atoms with Crippen molar-refractivity contribution in [1.29, 1.82) is 0 Å². The van der Waals surface area contributed by atoms with E-state index < -0.39 is 5.79 Å². The molecular weight excluding hydrogens is 250 g/mol. The van der Waals surface area contributed by atoms with E-state index >= 15 is 0 Å². The van der Waals surface area contributed by atoms with Gasteiger partial charge in [0.2, 0.25) is 0 Å². The standard InChI is InChI=1S/C13H21NO5/c1-7(15)17-9-5-8-6-16-14(4)10(8)12-11(9)18-13(2,3)19-12/h8-12H,5-6H2,1-4H3/t8-,9-,10+,11+,12-/m1/s1. The Kier molecular flexibility index (Phi) is 3.09. The fourth-order valence-electron chi connectivity index (χ4n) is 3.51. The van der Waals surface area contributed by atoms with Crippen LogP contribution in [0, 0.1) is 5.92 Å². The van der Waals surface area contributed by atoms with E-state index in [1.54, 1.807) is 0 Å². The van der Waals surface area contributed by atoms with Crippen molar-refractivity contribution < 1.29 is 23.8 Å². The number of carbonyl (C=O) groups is 1. The molecule has 2 heterocycles. The quantitative estimate of drug-likeness (QED) is 0.654. The van der Waals surface area contributed by atoms with Crippen molar-refractivity contribution in [3.8, 4) is 0 Å². The number of hydrogen-bond acceptors (Lipinski definition) is 6. The summed E-state index contributed by atoms with van der Waals surface area (Å²) in [6.45, 7) is 5.85. The predicted octanol–water partition coefficient (Wildman–Crippen LogP) is 0.704. The van der Waals surface area contributed by atoms with Gasteiger partial charge in [-0.2, -0.15) is 5.06 Å². The minimum absolute atomic E-state index is 0.120. The lowest BCUT2D eigenvalue weighted by Crippen LogP contribution is -2.55. The topological polar surface area (TPSA) is 57.2 Å². The molecule has 3 aliphatic rings. The van der Waals surface area contributed by atoms with Crippen molar-refractivity contribution >= 4 is 5.97 Å². The number of esters is 1. The summed E-state index contributed by atoms with van der Waals surface area (Å²) >= 11 is 0. The second-order valence-corrected chi connectivity index (χ2v) is 6.04. The highest BCUT2D eigenvalue weighted by Gasteiger charge is 2.58. The van der Waals surface area contributed by atoms with E-state index in [1.165, 1.54) is 6.92 Å². The van der Waals surface area contributed by atoms with Gasteiger partial charge >= 0.3 is 5.97 Å². The van der Waals surface area contributed by atoms with Crippen molar-refractivity contribution in [3.63, 3.8) is 0 Å². The van der Waals surface area contributed by atoms with Gasteiger partial charge in [0, 0.05) is 19.9 Å². The average Bonchev–Trinajstić information content (AvgIpc) is 2.78. The molecule has 2 saturated heterocycles. The van der Waals surface area contributed by atoms with Crippen LogP contribution in [0.2, 0.25) is 0 Å². The molecule has 0 aromatic heterocycles. The Bertz CT molecular complexity index is 385. The van der Waals surface area contributed by atoms with Crippen LogP contribution in [0.1, 0.15) is 27.2 Å². The molecule has 0 aromatic rings. The average molecular weight is 271 g/mol. The zero-order valence-electron chi connectivity index (χ0n) is 11.8. The normalized spacial score (nSPS) is 44.7. The van der Waals surface area contributed by atoms with E-state index in [-0.39, 0.29) is 30.3 Å². The SMILES string of the molecule is CC(=O)O[C@@H]1C[C@@H]2CON(C)[C@@H]2[C@H]2OC(C)(C)O[C@H]21. The van der Waals surface area contributed by atoms with Crippen LogP contribution in [-0.4, -0.2) is 54.8 Å². The maximum absolute atomic E-state index is 11.3. The maximum atomic E-state index is 11.3. The summed E-state index contributed by atoms with van der Waals surface area (Å²) in [6, 6.07) is 0.165. The molecule has 6 heteroatoms. The van der Waals surface area contributed by atoms with E-state index in [0.717, 1.165) is 6.42 Å². The van der Waals surface area contributed by atoms with Gasteiger partial charge in [-0.25, -0.2) is 0 Å². The molecule has 0 N–H and O–H groups in total. The number of rotatable bonds is 1. The minimum Gasteiger partial charge on any atom is -0.460 e. The number of hydrogen-bond donors (Lipinski definition) is 0. The van der Waals surface area contributed by atoms with Crippen LogP contribution < -0.4 is 0 Å². The summed E-state index contributed by atoms with van der Waals surface area (Å²) in [5, 5.41) is 1.86. The first kappa shape index (κ1) is 13.3. The lowest BCUT2D eigenvalue weighted by Gasteiger charge is -2.39. The molecule has 0 bridgehead atoms. The monoisotopic (exact) mass is 271 g/mol. The molecule has 0 spiro atoms. The molecular formula is C13H21NO5. The van der Waals surface area contributed by atoms with Crippen LogP contribution in [0.25, 0.3) is 0 Å². The molecule has 0 radical (unpaired) electrons. The van der Waals surface area contributed by atoms with E-state index in [1.807, 2.05) is 26.0 Å². The zero-order valence-corrected chi connectivity index (χ0v) is 11.8. The van der Waals surface area contributed by atoms with Crippen molar-refractivity contribution in [1.82, 2.24) is 5.06 Å². The molecule has 5 atom stereocenters. The van der Waals surface area contributed by atoms with Crippen LogP contribution in [0.4, 0.5) is 0 Å². The molecule has 0 unspecified atom stereocenters. The van der Waals surface area contributed by atoms with Crippen molar-refractivity contribution in [2.45, 2.75) is 57.3 Å². The van der Waals surface area contributed by atoms with Gasteiger partial charge in [0.05, 0.1) is 12.6 Å². The number of ether oxygens (including phenoxy) is 3. The number of hydroxylamine groups is 2. The highest BCUT2D eigenvalue weighted by atomic mass is 16.8. The molecule has 19 heavy (non-hydrogen) atoms. The maximum Gasteiger partial charge on any atom is 0.302 e. The largest absolute Gasteiger partial charge is 0.460 e. The van der Waals surface area contributed by atoms with Gasteiger partial charge < -0.3 is 14.2 Å². The molecule has 3 fully saturated rings. The van der Waals surface area contributed by atoms with Crippen LogP contribution >= 0.6 is 0 Å². The van der Waals surface area contributed by atoms with Gasteiger partial charge in [-0.3, -0.25) is 9.63 Å². The highest BCUT2D eigenvalue weighted by Crippen LogP contribution is 2.44. The van der Waals surface area contributed by atoms with E-state index in [4.69, 9.17) is 19.0 Å². The first-order valence-corrected chi connectivity index (χ1v) is 6.76. The van der Waals surface area contributed by atoms with Gasteiger partial charge in [0.15, 0.2) is 5.79 Å². The van der Waals surface area contributed by atoms with Crippen molar-refractivity contribution in [2.75, 3.05) is 13.7 Å². The number of fused-ring (bicyclic) bond motifs is 3. The first-order chi connectivity index (χ1) is 8.87. The Morgan fingerprint density at radius 3 is 2.68 bits per heavy atom. The zero-order chi connectivity index (χ0) is 13.8. The number of likely N-dealkylation sites (N-methyl/N-ethyl adjacent to an activating group) is 1. The minimum atomic E-state index is -0.647. The van der Waals surface area contributed by atoms with Gasteiger partial charge in [0.1, 0.15) is 18.3 Å². The fourth-order valence-corrected chi connectivity index (χ4v) is 3.51. The summed E-state index contributed by atoms with van der Waals surface area (Å²) in [6.07, 6.45) is 0.172. The fraction of sp³-hybridized carbons (Fsp3) is 0.923. The molecule has 6 nitrogen and oxygen atoms in total. The molecule has 2 aliphatic heterocycles. The second kappa shape index (κ2) is 4.41. The Balaban J connectivity index is 1.86. The highest BCUT2D eigenvalue weighted by molar-refractivity contribution is 5.66. The van der Waals surface area contributed by atoms with E-state index in [2.05, 4.69) is 0 Å². The molecule has 3 rings (SSSR count). The summed E-state index contributed by atoms with van der Waals surface area (Å²) in [5.41, 5.74) is 0. The number of nitrogens with zero attached hydrogens (tertiary/aromatic N) is 1. The lowest BCUT2D eigenvalue weighted by molar-refractivity contribution is -0.171. The summed E-state index contributed by atoms with van der Waals surface area (Å²) in [5.74, 6) is -0.609. The van der Waals surface area contributed by atoms with Gasteiger partial charge in [-0.1, -0.05) is 0 Å². The third-order valence-electron chi connectivity index (χ3n) is 4.11. The third-order valence-corrected chi connectivity index (χ3v) is 4.11. The van der Waals surface area contributed by atoms with Gasteiger partial charge in [-0.15, -0.1) is 0 Å². The van der Waals surface area contributed by atoms with Crippen LogP contribution in [0.3, 0.4) is 0 Å². The first-order valence-electron chi connectivity index (χ1n) is 6.76. The van der Waals surface area contributed by atoms with Crippen LogP contribution in [0.5, 0.6) is 0 Å². The Morgan fingerprint density at radius 2 is 2.00 bits per heavy atom. The Morgan fingerprint density at radius 1 is 1.32 bits per heavy atom. The van der Waals surface area contributed by atoms with Crippen LogP contribution in [-0.2, 0) is 23.8 Å². The van der Waals surface area contributed by atoms with Crippen molar-refractivity contribution in [2.24, 2.45) is 5.92 Å². The van der Waals surface area contributed by atoms with Gasteiger partial charge in [-0.05, 0) is 20.3 Å². The Hall–Kier alpha value is -0.690. The summed E-state index contributed by atoms with van der Waals surface area (Å²) in [7, 11) is 1.92. The molecule has 1 saturated carbocycles. The second-order valence-electron chi connectivity index (χ2n) is 6.04. The molecule has 0 aromatic carbocycles. The number of carbonyl (C=O) groups excluding carboxylic acids is 1. The molecule has 1 aliphatic carbocycles. The van der Waals surface area contributed by atoms with E-state index in [0.29, 0.717) is 12.5 Å². The summed E-state index contributed by atoms with van der Waals surface area (Å²) in [4.78, 5) is 16.8. The molecule has 0 amide bonds. The Labute approximate surface area is 112 Å². The smallest absolute Gasteiger partial charge is 0.302 e. The van der Waals surface area contributed by atoms with Crippen molar-refractivity contribution in [3.05, 3.63) is 0 Å². The van der Waals surface area contributed by atoms with Gasteiger partial charge in [0.25, 0.3) is 0 Å². The predicted molar refractivity (Wildman–Crippen MR) is 65.0 cm³/mol. The molecule has 108 valence electrons. The van der Waals surface area contributed by atoms with Crippen LogP contribution in [0.15, 0.2) is 0 Å². The lowest BCUT2D eigenvalue weighted by atomic mass is 9.80. The van der Waals surface area contributed by atoms with E-state index in [9.17, 15) is 4.79 Å².